The molecule has 0 unspecified atom stereocenters. The van der Waals surface area contributed by atoms with Crippen LogP contribution in [-0.2, 0) is 24.0 Å². The fourth-order valence-electron chi connectivity index (χ4n) is 3.99. The van der Waals surface area contributed by atoms with Crippen molar-refractivity contribution in [3.63, 3.8) is 0 Å². The summed E-state index contributed by atoms with van der Waals surface area (Å²) in [6.45, 7) is -0.412. The Morgan fingerprint density at radius 2 is 1.72 bits per heavy atom. The number of hydrogen-bond donors (Lipinski definition) is 5. The SMILES string of the molecule is Nc1ncnc2c1ncn2[C@@H]1O[C@H](COS(=O)(=O)NC(=O)CCCCCCCCCCO)[C@@H](O)[C@H]1O. The van der Waals surface area contributed by atoms with E-state index in [9.17, 15) is 23.4 Å². The first-order valence-corrected chi connectivity index (χ1v) is 13.4. The monoisotopic (exact) mass is 530 g/mol. The predicted octanol–water partition coefficient (Wildman–Crippen LogP) is -0.0915. The molecule has 6 N–H and O–H groups in total. The quantitative estimate of drug-likeness (QED) is 0.191. The molecule has 14 nitrogen and oxygen atoms in total. The topological polar surface area (TPSA) is 212 Å². The minimum absolute atomic E-state index is 0.0368. The Balaban J connectivity index is 1.41. The Morgan fingerprint density at radius 3 is 2.42 bits per heavy atom. The van der Waals surface area contributed by atoms with Gasteiger partial charge in [-0.1, -0.05) is 38.5 Å². The number of unbranched alkanes of at least 4 members (excludes halogenated alkanes) is 7. The van der Waals surface area contributed by atoms with Gasteiger partial charge < -0.3 is 25.8 Å². The van der Waals surface area contributed by atoms with Gasteiger partial charge in [-0.15, -0.1) is 0 Å². The Morgan fingerprint density at radius 1 is 1.06 bits per heavy atom. The summed E-state index contributed by atoms with van der Waals surface area (Å²) < 4.78 is 37.9. The Labute approximate surface area is 209 Å². The van der Waals surface area contributed by atoms with Crippen molar-refractivity contribution in [1.29, 1.82) is 0 Å². The Hall–Kier alpha value is -2.43. The number of nitrogens with two attached hydrogens (primary N) is 1. The van der Waals surface area contributed by atoms with Crippen molar-refractivity contribution in [2.24, 2.45) is 0 Å². The highest BCUT2D eigenvalue weighted by Crippen LogP contribution is 2.32. The van der Waals surface area contributed by atoms with E-state index in [4.69, 9.17) is 19.8 Å². The second-order valence-electron chi connectivity index (χ2n) is 8.70. The third-order valence-electron chi connectivity index (χ3n) is 5.94. The highest BCUT2D eigenvalue weighted by molar-refractivity contribution is 7.85. The molecule has 0 saturated carbocycles. The van der Waals surface area contributed by atoms with Crippen molar-refractivity contribution in [3.8, 4) is 0 Å². The van der Waals surface area contributed by atoms with Crippen LogP contribution in [0, 0.1) is 0 Å². The maximum absolute atomic E-state index is 12.2. The van der Waals surface area contributed by atoms with Crippen molar-refractivity contribution < 1.29 is 37.5 Å². The molecule has 0 aromatic carbocycles. The number of aromatic nitrogens is 4. The highest BCUT2D eigenvalue weighted by atomic mass is 32.2. The lowest BCUT2D eigenvalue weighted by Gasteiger charge is -2.16. The third kappa shape index (κ3) is 7.54. The number of carbonyl (C=O) groups excluding carboxylic acids is 1. The summed E-state index contributed by atoms with van der Waals surface area (Å²) in [5.41, 5.74) is 6.31. The van der Waals surface area contributed by atoms with Gasteiger partial charge in [0.25, 0.3) is 0 Å². The van der Waals surface area contributed by atoms with Gasteiger partial charge in [0.2, 0.25) is 5.91 Å². The number of carbonyl (C=O) groups is 1. The lowest BCUT2D eigenvalue weighted by Crippen LogP contribution is -2.37. The molecule has 0 spiro atoms. The molecule has 1 saturated heterocycles. The number of aliphatic hydroxyl groups is 3. The molecule has 1 fully saturated rings. The van der Waals surface area contributed by atoms with Crippen molar-refractivity contribution in [3.05, 3.63) is 12.7 Å². The minimum Gasteiger partial charge on any atom is -0.396 e. The predicted molar refractivity (Wildman–Crippen MR) is 127 cm³/mol. The Bertz CT molecular complexity index is 1100. The summed E-state index contributed by atoms with van der Waals surface area (Å²) in [6, 6.07) is 0. The molecule has 2 aromatic heterocycles. The first-order chi connectivity index (χ1) is 17.2. The van der Waals surface area contributed by atoms with Gasteiger partial charge in [0, 0.05) is 13.0 Å². The average Bonchev–Trinajstić information content (AvgIpc) is 3.38. The molecule has 36 heavy (non-hydrogen) atoms. The number of nitrogens with one attached hydrogen (secondary N) is 1. The molecule has 0 radical (unpaired) electrons. The fourth-order valence-corrected chi connectivity index (χ4v) is 4.74. The molecule has 4 atom stereocenters. The third-order valence-corrected chi connectivity index (χ3v) is 6.86. The number of rotatable bonds is 15. The molecule has 1 amide bonds. The molecule has 0 bridgehead atoms. The number of amides is 1. The van der Waals surface area contributed by atoms with E-state index < -0.39 is 47.4 Å². The van der Waals surface area contributed by atoms with Gasteiger partial charge in [-0.2, -0.15) is 8.42 Å². The zero-order chi connectivity index (χ0) is 26.1. The van der Waals surface area contributed by atoms with Gasteiger partial charge in [0.15, 0.2) is 17.7 Å². The largest absolute Gasteiger partial charge is 0.396 e. The summed E-state index contributed by atoms with van der Waals surface area (Å²) in [5, 5.41) is 29.5. The second-order valence-corrected chi connectivity index (χ2v) is 10.0. The van der Waals surface area contributed by atoms with Crippen LogP contribution < -0.4 is 10.5 Å². The number of fused-ring (bicyclic) bond motifs is 1. The number of nitrogen functional groups attached to an aromatic ring is 1. The standard InChI is InChI=1S/C21H34N6O8S/c22-19-16-20(24-12-23-19)27(13-25-16)21-18(31)17(30)14(35-21)11-34-36(32,33)26-15(29)9-7-5-3-1-2-4-6-8-10-28/h12-14,17-18,21,28,30-31H,1-11H2,(H,26,29)(H2,22,23,24)/t14-,17-,18-,21-/m1/s1. The highest BCUT2D eigenvalue weighted by Gasteiger charge is 2.45. The first kappa shape index (κ1) is 28.1. The number of imidazole rings is 1. The van der Waals surface area contributed by atoms with E-state index >= 15 is 0 Å². The van der Waals surface area contributed by atoms with E-state index in [-0.39, 0.29) is 30.0 Å². The van der Waals surface area contributed by atoms with Crippen LogP contribution >= 0.6 is 0 Å². The molecular weight excluding hydrogens is 496 g/mol. The zero-order valence-electron chi connectivity index (χ0n) is 19.9. The summed E-state index contributed by atoms with van der Waals surface area (Å²) >= 11 is 0. The zero-order valence-corrected chi connectivity index (χ0v) is 20.7. The summed E-state index contributed by atoms with van der Waals surface area (Å²) in [7, 11) is -4.43. The molecular formula is C21H34N6O8S. The molecule has 3 rings (SSSR count). The molecule has 1 aliphatic heterocycles. The fraction of sp³-hybridized carbons (Fsp3) is 0.714. The van der Waals surface area contributed by atoms with E-state index in [1.54, 1.807) is 0 Å². The first-order valence-electron chi connectivity index (χ1n) is 12.0. The number of ether oxygens (including phenoxy) is 1. The van der Waals surface area contributed by atoms with Crippen LogP contribution in [-0.4, -0.2) is 80.7 Å². The van der Waals surface area contributed by atoms with Crippen molar-refractivity contribution >= 4 is 33.2 Å². The van der Waals surface area contributed by atoms with Crippen LogP contribution in [0.3, 0.4) is 0 Å². The number of aliphatic hydroxyl groups excluding tert-OH is 3. The van der Waals surface area contributed by atoms with E-state index in [1.807, 2.05) is 4.72 Å². The smallest absolute Gasteiger partial charge is 0.362 e. The minimum atomic E-state index is -4.43. The van der Waals surface area contributed by atoms with Crippen molar-refractivity contribution in [1.82, 2.24) is 24.2 Å². The van der Waals surface area contributed by atoms with Crippen LogP contribution in [0.4, 0.5) is 5.82 Å². The van der Waals surface area contributed by atoms with E-state index in [1.165, 1.54) is 17.2 Å². The summed E-state index contributed by atoms with van der Waals surface area (Å²) in [5.74, 6) is -0.561. The summed E-state index contributed by atoms with van der Waals surface area (Å²) in [4.78, 5) is 24.0. The lowest BCUT2D eigenvalue weighted by molar-refractivity contribution is -0.119. The van der Waals surface area contributed by atoms with Crippen molar-refractivity contribution in [2.45, 2.75) is 82.3 Å². The average molecular weight is 531 g/mol. The molecule has 15 heteroatoms. The van der Waals surface area contributed by atoms with Gasteiger partial charge in [-0.05, 0) is 12.8 Å². The number of hydrogen-bond acceptors (Lipinski definition) is 12. The van der Waals surface area contributed by atoms with E-state index in [0.29, 0.717) is 6.42 Å². The van der Waals surface area contributed by atoms with Crippen LogP contribution in [0.5, 0.6) is 0 Å². The van der Waals surface area contributed by atoms with Gasteiger partial charge in [0.05, 0.1) is 12.9 Å². The van der Waals surface area contributed by atoms with Crippen LogP contribution in [0.2, 0.25) is 0 Å². The number of nitrogens with zero attached hydrogens (tertiary/aromatic N) is 4. The lowest BCUT2D eigenvalue weighted by atomic mass is 10.1. The maximum atomic E-state index is 12.2. The van der Waals surface area contributed by atoms with Crippen LogP contribution in [0.25, 0.3) is 11.2 Å². The van der Waals surface area contributed by atoms with Gasteiger partial charge in [-0.3, -0.25) is 13.5 Å². The normalized spacial score (nSPS) is 22.3. The summed E-state index contributed by atoms with van der Waals surface area (Å²) in [6.07, 6.45) is 4.60. The molecule has 202 valence electrons. The van der Waals surface area contributed by atoms with Gasteiger partial charge in [-0.25, -0.2) is 19.7 Å². The van der Waals surface area contributed by atoms with E-state index in [0.717, 1.165) is 44.9 Å². The van der Waals surface area contributed by atoms with Gasteiger partial charge in [0.1, 0.15) is 30.2 Å². The van der Waals surface area contributed by atoms with Gasteiger partial charge >= 0.3 is 10.3 Å². The van der Waals surface area contributed by atoms with Crippen LogP contribution in [0.1, 0.15) is 64.0 Å². The number of anilines is 1. The molecule has 3 heterocycles. The Kier molecular flexibility index (Phi) is 10.3. The van der Waals surface area contributed by atoms with E-state index in [2.05, 4.69) is 15.0 Å². The molecule has 1 aliphatic rings. The van der Waals surface area contributed by atoms with Crippen molar-refractivity contribution in [2.75, 3.05) is 18.9 Å². The molecule has 2 aromatic rings. The van der Waals surface area contributed by atoms with Crippen LogP contribution in [0.15, 0.2) is 12.7 Å². The maximum Gasteiger partial charge on any atom is 0.362 e. The second kappa shape index (κ2) is 13.2. The molecule has 0 aliphatic carbocycles.